The molecule has 2 aromatic rings. The summed E-state index contributed by atoms with van der Waals surface area (Å²) >= 11 is 0. The number of hydrogen-bond acceptors (Lipinski definition) is 6. The second-order valence-corrected chi connectivity index (χ2v) is 6.70. The van der Waals surface area contributed by atoms with E-state index < -0.39 is 0 Å². The molecule has 25 heavy (non-hydrogen) atoms. The molecule has 1 saturated carbocycles. The smallest absolute Gasteiger partial charge is 0.257 e. The van der Waals surface area contributed by atoms with Crippen LogP contribution in [0.2, 0.25) is 0 Å². The lowest BCUT2D eigenvalue weighted by Gasteiger charge is -2.23. The first-order valence-corrected chi connectivity index (χ1v) is 8.73. The Morgan fingerprint density at radius 3 is 2.80 bits per heavy atom. The van der Waals surface area contributed by atoms with E-state index in [2.05, 4.69) is 19.9 Å². The minimum Gasteiger partial charge on any atom is -0.379 e. The van der Waals surface area contributed by atoms with Crippen LogP contribution >= 0.6 is 0 Å². The molecule has 1 atom stereocenters. The lowest BCUT2D eigenvalue weighted by atomic mass is 10.0. The first kappa shape index (κ1) is 16.1. The molecule has 1 amide bonds. The van der Waals surface area contributed by atoms with E-state index in [1.165, 1.54) is 0 Å². The van der Waals surface area contributed by atoms with E-state index in [1.54, 1.807) is 24.9 Å². The van der Waals surface area contributed by atoms with Crippen LogP contribution in [0.4, 0.5) is 0 Å². The quantitative estimate of drug-likeness (QED) is 0.839. The number of ether oxygens (including phenoxy) is 1. The van der Waals surface area contributed by atoms with Gasteiger partial charge < -0.3 is 9.64 Å². The Kier molecular flexibility index (Phi) is 4.65. The predicted molar refractivity (Wildman–Crippen MR) is 90.0 cm³/mol. The minimum absolute atomic E-state index is 0.0273. The zero-order valence-corrected chi connectivity index (χ0v) is 14.0. The van der Waals surface area contributed by atoms with Crippen molar-refractivity contribution in [3.8, 4) is 0 Å². The van der Waals surface area contributed by atoms with Crippen molar-refractivity contribution >= 4 is 5.91 Å². The molecule has 7 heteroatoms. The Morgan fingerprint density at radius 2 is 2.08 bits per heavy atom. The fourth-order valence-electron chi connectivity index (χ4n) is 3.11. The van der Waals surface area contributed by atoms with Crippen LogP contribution in [0.1, 0.15) is 40.6 Å². The second-order valence-electron chi connectivity index (χ2n) is 6.70. The van der Waals surface area contributed by atoms with Gasteiger partial charge in [-0.1, -0.05) is 0 Å². The molecule has 2 aromatic heterocycles. The van der Waals surface area contributed by atoms with Crippen LogP contribution in [-0.4, -0.2) is 57.0 Å². The van der Waals surface area contributed by atoms with Gasteiger partial charge in [-0.25, -0.2) is 19.9 Å². The van der Waals surface area contributed by atoms with Crippen LogP contribution in [0.15, 0.2) is 31.0 Å². The lowest BCUT2D eigenvalue weighted by molar-refractivity contribution is 0.0736. The highest BCUT2D eigenvalue weighted by atomic mass is 16.5. The molecule has 130 valence electrons. The molecule has 0 radical (unpaired) electrons. The van der Waals surface area contributed by atoms with Gasteiger partial charge in [0.25, 0.3) is 5.91 Å². The summed E-state index contributed by atoms with van der Waals surface area (Å²) in [6.45, 7) is 2.41. The highest BCUT2D eigenvalue weighted by molar-refractivity contribution is 5.93. The number of aromatic nitrogens is 4. The maximum atomic E-state index is 12.8. The first-order chi connectivity index (χ1) is 12.3. The van der Waals surface area contributed by atoms with Gasteiger partial charge in [-0.15, -0.1) is 0 Å². The standard InChI is InChI=1S/C18H21N5O2/c24-18(15-8-20-17(21-9-15)14-1-2-14)23-5-6-25-11-13(10-23)7-16-3-4-19-12-22-16/h3-4,8-9,12-14H,1-2,5-7,10-11H2/t13-/m1/s1. The first-order valence-electron chi connectivity index (χ1n) is 8.73. The summed E-state index contributed by atoms with van der Waals surface area (Å²) in [6, 6.07) is 1.90. The average molecular weight is 339 g/mol. The molecule has 0 N–H and O–H groups in total. The molecule has 7 nitrogen and oxygen atoms in total. The van der Waals surface area contributed by atoms with E-state index in [9.17, 15) is 4.79 Å². The summed E-state index contributed by atoms with van der Waals surface area (Å²) in [5.41, 5.74) is 1.52. The topological polar surface area (TPSA) is 81.1 Å². The summed E-state index contributed by atoms with van der Waals surface area (Å²) in [4.78, 5) is 31.6. The van der Waals surface area contributed by atoms with Gasteiger partial charge in [0.1, 0.15) is 12.2 Å². The van der Waals surface area contributed by atoms with E-state index in [0.29, 0.717) is 37.8 Å². The summed E-state index contributed by atoms with van der Waals surface area (Å²) in [5, 5.41) is 0. The second kappa shape index (κ2) is 7.23. The van der Waals surface area contributed by atoms with Gasteiger partial charge in [0, 0.05) is 49.2 Å². The summed E-state index contributed by atoms with van der Waals surface area (Å²) in [5.74, 6) is 1.54. The molecular formula is C18H21N5O2. The average Bonchev–Trinajstić information content (AvgIpc) is 3.50. The monoisotopic (exact) mass is 339 g/mol. The van der Waals surface area contributed by atoms with Crippen LogP contribution in [0.25, 0.3) is 0 Å². The number of hydrogen-bond donors (Lipinski definition) is 0. The minimum atomic E-state index is -0.0273. The molecule has 4 rings (SSSR count). The van der Waals surface area contributed by atoms with Gasteiger partial charge >= 0.3 is 0 Å². The van der Waals surface area contributed by atoms with Crippen LogP contribution < -0.4 is 0 Å². The molecule has 1 aliphatic carbocycles. The number of amides is 1. The molecule has 2 fully saturated rings. The molecule has 0 spiro atoms. The van der Waals surface area contributed by atoms with Crippen molar-refractivity contribution in [2.75, 3.05) is 26.3 Å². The number of nitrogens with zero attached hydrogens (tertiary/aromatic N) is 5. The third kappa shape index (κ3) is 3.99. The van der Waals surface area contributed by atoms with Crippen LogP contribution in [-0.2, 0) is 11.2 Å². The number of rotatable bonds is 4. The number of carbonyl (C=O) groups excluding carboxylic acids is 1. The molecular weight excluding hydrogens is 318 g/mol. The number of carbonyl (C=O) groups is 1. The predicted octanol–water partition coefficient (Wildman–Crippen LogP) is 1.48. The Morgan fingerprint density at radius 1 is 1.24 bits per heavy atom. The van der Waals surface area contributed by atoms with Gasteiger partial charge in [-0.2, -0.15) is 0 Å². The van der Waals surface area contributed by atoms with Gasteiger partial charge in [-0.05, 0) is 25.3 Å². The molecule has 0 unspecified atom stereocenters. The van der Waals surface area contributed by atoms with Crippen LogP contribution in [0.3, 0.4) is 0 Å². The van der Waals surface area contributed by atoms with Gasteiger partial charge in [0.05, 0.1) is 18.8 Å². The largest absolute Gasteiger partial charge is 0.379 e. The van der Waals surface area contributed by atoms with E-state index in [0.717, 1.165) is 30.8 Å². The summed E-state index contributed by atoms with van der Waals surface area (Å²) in [7, 11) is 0. The zero-order chi connectivity index (χ0) is 17.1. The Labute approximate surface area is 146 Å². The Hall–Kier alpha value is -2.41. The third-order valence-electron chi connectivity index (χ3n) is 4.63. The fourth-order valence-corrected chi connectivity index (χ4v) is 3.11. The van der Waals surface area contributed by atoms with E-state index >= 15 is 0 Å². The molecule has 1 saturated heterocycles. The SMILES string of the molecule is O=C(c1cnc(C2CC2)nc1)N1CCOC[C@H](Cc2ccncn2)C1. The molecule has 2 aliphatic rings. The van der Waals surface area contributed by atoms with Crippen molar-refractivity contribution in [2.45, 2.75) is 25.2 Å². The van der Waals surface area contributed by atoms with Crippen LogP contribution in [0.5, 0.6) is 0 Å². The summed E-state index contributed by atoms with van der Waals surface area (Å²) < 4.78 is 5.69. The summed E-state index contributed by atoms with van der Waals surface area (Å²) in [6.07, 6.45) is 9.69. The zero-order valence-electron chi connectivity index (χ0n) is 14.0. The van der Waals surface area contributed by atoms with Crippen molar-refractivity contribution in [3.63, 3.8) is 0 Å². The van der Waals surface area contributed by atoms with Crippen molar-refractivity contribution in [3.05, 3.63) is 48.1 Å². The van der Waals surface area contributed by atoms with E-state index in [4.69, 9.17) is 4.74 Å². The van der Waals surface area contributed by atoms with E-state index in [1.807, 2.05) is 11.0 Å². The van der Waals surface area contributed by atoms with Crippen molar-refractivity contribution < 1.29 is 9.53 Å². The van der Waals surface area contributed by atoms with Crippen molar-refractivity contribution in [1.29, 1.82) is 0 Å². The molecule has 3 heterocycles. The molecule has 1 aliphatic heterocycles. The van der Waals surface area contributed by atoms with Crippen molar-refractivity contribution in [1.82, 2.24) is 24.8 Å². The Bertz CT molecular complexity index is 718. The van der Waals surface area contributed by atoms with Crippen LogP contribution in [0, 0.1) is 5.92 Å². The lowest BCUT2D eigenvalue weighted by Crippen LogP contribution is -2.36. The highest BCUT2D eigenvalue weighted by Gasteiger charge is 2.28. The highest BCUT2D eigenvalue weighted by Crippen LogP contribution is 2.37. The molecule has 0 bridgehead atoms. The van der Waals surface area contributed by atoms with Crippen molar-refractivity contribution in [2.24, 2.45) is 5.92 Å². The molecule has 0 aromatic carbocycles. The van der Waals surface area contributed by atoms with E-state index in [-0.39, 0.29) is 11.8 Å². The third-order valence-corrected chi connectivity index (χ3v) is 4.63. The maximum absolute atomic E-state index is 12.8. The van der Waals surface area contributed by atoms with Gasteiger partial charge in [-0.3, -0.25) is 4.79 Å². The fraction of sp³-hybridized carbons (Fsp3) is 0.500. The normalized spacial score (nSPS) is 21.0. The maximum Gasteiger partial charge on any atom is 0.257 e. The Balaban J connectivity index is 1.43. The van der Waals surface area contributed by atoms with Gasteiger partial charge in [0.2, 0.25) is 0 Å². The van der Waals surface area contributed by atoms with Gasteiger partial charge in [0.15, 0.2) is 0 Å².